The molecule has 0 radical (unpaired) electrons. The van der Waals surface area contributed by atoms with Crippen LogP contribution in [0.2, 0.25) is 0 Å². The lowest BCUT2D eigenvalue weighted by atomic mass is 10.1. The summed E-state index contributed by atoms with van der Waals surface area (Å²) in [5, 5.41) is 2.93. The van der Waals surface area contributed by atoms with Crippen molar-refractivity contribution in [3.63, 3.8) is 0 Å². The normalized spacial score (nSPS) is 11.7. The van der Waals surface area contributed by atoms with Gasteiger partial charge in [-0.15, -0.1) is 0 Å². The van der Waals surface area contributed by atoms with Gasteiger partial charge in [-0.2, -0.15) is 0 Å². The van der Waals surface area contributed by atoms with E-state index in [1.165, 1.54) is 0 Å². The zero-order valence-electron chi connectivity index (χ0n) is 11.3. The second kappa shape index (κ2) is 6.84. The van der Waals surface area contributed by atoms with E-state index >= 15 is 0 Å². The minimum absolute atomic E-state index is 0.0647. The lowest BCUT2D eigenvalue weighted by Crippen LogP contribution is -2.31. The van der Waals surface area contributed by atoms with Crippen LogP contribution < -0.4 is 10.1 Å². The summed E-state index contributed by atoms with van der Waals surface area (Å²) < 4.78 is 5.51. The molecular weight excluding hydrogens is 226 g/mol. The number of carbonyl (C=O) groups excluding carboxylic acids is 1. The minimum atomic E-state index is -0.0647. The molecule has 1 amide bonds. The third kappa shape index (κ3) is 4.62. The van der Waals surface area contributed by atoms with E-state index in [-0.39, 0.29) is 11.9 Å². The number of hydrogen-bond donors (Lipinski definition) is 1. The van der Waals surface area contributed by atoms with E-state index in [0.717, 1.165) is 12.0 Å². The Labute approximate surface area is 109 Å². The number of hydrogen-bond acceptors (Lipinski definition) is 2. The number of nitrogens with one attached hydrogen (secondary N) is 1. The monoisotopic (exact) mass is 247 g/mol. The van der Waals surface area contributed by atoms with E-state index in [1.54, 1.807) is 12.1 Å². The summed E-state index contributed by atoms with van der Waals surface area (Å²) in [7, 11) is 0. The zero-order chi connectivity index (χ0) is 13.5. The quantitative estimate of drug-likeness (QED) is 0.784. The summed E-state index contributed by atoms with van der Waals surface area (Å²) >= 11 is 0. The second-order valence-corrected chi connectivity index (χ2v) is 4.56. The maximum Gasteiger partial charge on any atom is 0.251 e. The van der Waals surface area contributed by atoms with Gasteiger partial charge in [-0.3, -0.25) is 4.79 Å². The van der Waals surface area contributed by atoms with E-state index in [0.29, 0.717) is 17.9 Å². The van der Waals surface area contributed by atoms with Crippen LogP contribution in [0.5, 0.6) is 5.75 Å². The number of amides is 1. The number of benzene rings is 1. The molecule has 0 heterocycles. The molecule has 0 aliphatic carbocycles. The van der Waals surface area contributed by atoms with Crippen LogP contribution in [0.25, 0.3) is 0 Å². The molecule has 1 N–H and O–H groups in total. The fourth-order valence-electron chi connectivity index (χ4n) is 1.34. The number of ether oxygens (including phenoxy) is 1. The Morgan fingerprint density at radius 2 is 2.22 bits per heavy atom. The highest BCUT2D eigenvalue weighted by atomic mass is 16.5. The molecule has 0 aliphatic rings. The van der Waals surface area contributed by atoms with Crippen LogP contribution in [-0.2, 0) is 0 Å². The molecule has 0 spiro atoms. The minimum Gasteiger partial charge on any atom is -0.489 e. The second-order valence-electron chi connectivity index (χ2n) is 4.56. The predicted molar refractivity (Wildman–Crippen MR) is 74.0 cm³/mol. The largest absolute Gasteiger partial charge is 0.489 e. The smallest absolute Gasteiger partial charge is 0.251 e. The molecule has 1 atom stereocenters. The van der Waals surface area contributed by atoms with Gasteiger partial charge in [0, 0.05) is 11.6 Å². The van der Waals surface area contributed by atoms with Crippen LogP contribution in [0.3, 0.4) is 0 Å². The van der Waals surface area contributed by atoms with Crippen molar-refractivity contribution in [2.45, 2.75) is 33.2 Å². The van der Waals surface area contributed by atoms with Crippen molar-refractivity contribution < 1.29 is 9.53 Å². The average molecular weight is 247 g/mol. The van der Waals surface area contributed by atoms with Crippen LogP contribution in [-0.4, -0.2) is 18.6 Å². The molecule has 0 aromatic heterocycles. The third-order valence-corrected chi connectivity index (χ3v) is 2.57. The van der Waals surface area contributed by atoms with E-state index in [9.17, 15) is 4.79 Å². The fourth-order valence-corrected chi connectivity index (χ4v) is 1.34. The number of carbonyl (C=O) groups is 1. The molecule has 3 nitrogen and oxygen atoms in total. The molecule has 0 saturated carbocycles. The van der Waals surface area contributed by atoms with Gasteiger partial charge in [0.15, 0.2) is 0 Å². The van der Waals surface area contributed by atoms with Crippen molar-refractivity contribution in [2.24, 2.45) is 0 Å². The first-order chi connectivity index (χ1) is 8.52. The Morgan fingerprint density at radius 1 is 1.50 bits per heavy atom. The van der Waals surface area contributed by atoms with Gasteiger partial charge in [0.25, 0.3) is 5.91 Å². The van der Waals surface area contributed by atoms with Gasteiger partial charge in [0.2, 0.25) is 0 Å². The van der Waals surface area contributed by atoms with Crippen molar-refractivity contribution in [1.82, 2.24) is 5.32 Å². The van der Waals surface area contributed by atoms with E-state index < -0.39 is 0 Å². The van der Waals surface area contributed by atoms with Gasteiger partial charge in [-0.1, -0.05) is 19.6 Å². The van der Waals surface area contributed by atoms with E-state index in [4.69, 9.17) is 4.74 Å². The Balaban J connectivity index is 2.69. The third-order valence-electron chi connectivity index (χ3n) is 2.57. The summed E-state index contributed by atoms with van der Waals surface area (Å²) in [6, 6.07) is 7.37. The molecule has 1 aromatic carbocycles. The van der Waals surface area contributed by atoms with Crippen molar-refractivity contribution in [3.8, 4) is 5.75 Å². The summed E-state index contributed by atoms with van der Waals surface area (Å²) in [5.41, 5.74) is 1.57. The molecule has 0 saturated heterocycles. The van der Waals surface area contributed by atoms with Crippen LogP contribution in [0.15, 0.2) is 36.4 Å². The van der Waals surface area contributed by atoms with Gasteiger partial charge in [-0.05, 0) is 44.0 Å². The first kappa shape index (κ1) is 14.3. The van der Waals surface area contributed by atoms with E-state index in [2.05, 4.69) is 11.9 Å². The zero-order valence-corrected chi connectivity index (χ0v) is 11.3. The summed E-state index contributed by atoms with van der Waals surface area (Å²) in [4.78, 5) is 11.9. The Kier molecular flexibility index (Phi) is 5.43. The highest BCUT2D eigenvalue weighted by Crippen LogP contribution is 2.14. The lowest BCUT2D eigenvalue weighted by Gasteiger charge is -2.12. The predicted octanol–water partition coefficient (Wildman–Crippen LogP) is 3.17. The molecule has 18 heavy (non-hydrogen) atoms. The molecule has 0 bridgehead atoms. The molecule has 0 aliphatic heterocycles. The van der Waals surface area contributed by atoms with Crippen LogP contribution in [0, 0.1) is 0 Å². The van der Waals surface area contributed by atoms with Gasteiger partial charge in [0.05, 0.1) is 0 Å². The maximum atomic E-state index is 11.9. The molecule has 1 aromatic rings. The molecule has 1 rings (SSSR count). The van der Waals surface area contributed by atoms with Gasteiger partial charge < -0.3 is 10.1 Å². The molecule has 98 valence electrons. The van der Waals surface area contributed by atoms with Gasteiger partial charge in [-0.25, -0.2) is 0 Å². The summed E-state index contributed by atoms with van der Waals surface area (Å²) in [5.74, 6) is 0.625. The Bertz CT molecular complexity index is 426. The average Bonchev–Trinajstić information content (AvgIpc) is 2.36. The molecule has 0 fully saturated rings. The highest BCUT2D eigenvalue weighted by molar-refractivity contribution is 5.94. The summed E-state index contributed by atoms with van der Waals surface area (Å²) in [6.07, 6.45) is 0.914. The van der Waals surface area contributed by atoms with Crippen molar-refractivity contribution in [2.75, 3.05) is 6.61 Å². The van der Waals surface area contributed by atoms with Crippen molar-refractivity contribution >= 4 is 5.91 Å². The summed E-state index contributed by atoms with van der Waals surface area (Å²) in [6.45, 7) is 10.2. The standard InChI is InChI=1S/C15H21NO2/c1-5-12(4)16-15(17)13-7-6-8-14(9-13)18-10-11(2)3/h6-9,12H,2,5,10H2,1,3-4H3,(H,16,17)/t12-/m0/s1. The first-order valence-electron chi connectivity index (χ1n) is 6.21. The van der Waals surface area contributed by atoms with Crippen molar-refractivity contribution in [3.05, 3.63) is 42.0 Å². The van der Waals surface area contributed by atoms with Gasteiger partial charge >= 0.3 is 0 Å². The Hall–Kier alpha value is -1.77. The van der Waals surface area contributed by atoms with Gasteiger partial charge in [0.1, 0.15) is 12.4 Å². The molecule has 0 unspecified atom stereocenters. The lowest BCUT2D eigenvalue weighted by molar-refractivity contribution is 0.0939. The molecular formula is C15H21NO2. The number of rotatable bonds is 6. The van der Waals surface area contributed by atoms with Crippen LogP contribution in [0.1, 0.15) is 37.6 Å². The van der Waals surface area contributed by atoms with Crippen LogP contribution >= 0.6 is 0 Å². The van der Waals surface area contributed by atoms with E-state index in [1.807, 2.05) is 32.9 Å². The maximum absolute atomic E-state index is 11.9. The topological polar surface area (TPSA) is 38.3 Å². The SMILES string of the molecule is C=C(C)COc1cccc(C(=O)N[C@@H](C)CC)c1. The Morgan fingerprint density at radius 3 is 2.83 bits per heavy atom. The fraction of sp³-hybridized carbons (Fsp3) is 0.400. The first-order valence-corrected chi connectivity index (χ1v) is 6.21. The molecule has 3 heteroatoms. The van der Waals surface area contributed by atoms with Crippen molar-refractivity contribution in [1.29, 1.82) is 0 Å². The van der Waals surface area contributed by atoms with Crippen LogP contribution in [0.4, 0.5) is 0 Å². The highest BCUT2D eigenvalue weighted by Gasteiger charge is 2.09.